The summed E-state index contributed by atoms with van der Waals surface area (Å²) in [5.74, 6) is -12.1. The summed E-state index contributed by atoms with van der Waals surface area (Å²) in [5.41, 5.74) is 0.710. The van der Waals surface area contributed by atoms with Gasteiger partial charge in [-0.1, -0.05) is 54.9 Å². The van der Waals surface area contributed by atoms with E-state index in [1.807, 2.05) is 6.92 Å². The van der Waals surface area contributed by atoms with Crippen LogP contribution in [0.15, 0.2) is 0 Å². The van der Waals surface area contributed by atoms with Gasteiger partial charge >= 0.3 is 5.97 Å². The van der Waals surface area contributed by atoms with Crippen molar-refractivity contribution in [2.75, 3.05) is 19.6 Å². The fraction of sp³-hybridized carbons (Fsp3) is 0.844. The summed E-state index contributed by atoms with van der Waals surface area (Å²) in [6.07, 6.45) is -1.48. The summed E-state index contributed by atoms with van der Waals surface area (Å²) in [7, 11) is 0. The minimum absolute atomic E-state index is 0.0101. The van der Waals surface area contributed by atoms with Gasteiger partial charge in [0.1, 0.15) is 36.3 Å². The molecule has 0 saturated carbocycles. The largest absolute Gasteiger partial charge is 0.458 e. The Balaban J connectivity index is 1.62. The Morgan fingerprint density at radius 2 is 1.53 bits per heavy atom. The number of hydroxylamine groups is 4. The number of β-amino-alcohol motifs (C(OH)–C–C–N with tert-alkyl or cyclic N) is 1. The lowest BCUT2D eigenvalue weighted by molar-refractivity contribution is -0.329. The first-order valence-corrected chi connectivity index (χ1v) is 24.2. The maximum Gasteiger partial charge on any atom is 0.332 e. The van der Waals surface area contributed by atoms with Gasteiger partial charge in [0.15, 0.2) is 11.6 Å². The highest BCUT2D eigenvalue weighted by Crippen LogP contribution is 2.42. The van der Waals surface area contributed by atoms with Crippen molar-refractivity contribution < 1.29 is 73.9 Å². The molecule has 0 aliphatic carbocycles. The molecule has 0 spiro atoms. The number of esters is 1. The molecular weight excluding hydrogens is 895 g/mol. The molecule has 0 aromatic heterocycles. The molecule has 14 atom stereocenters. The average molecular weight is 971 g/mol. The Labute approximate surface area is 397 Å². The number of amides is 6. The lowest BCUT2D eigenvalue weighted by Gasteiger charge is -2.48. The molecule has 68 heavy (non-hydrogen) atoms. The van der Waals surface area contributed by atoms with E-state index in [9.17, 15) is 59.6 Å². The van der Waals surface area contributed by atoms with E-state index in [2.05, 4.69) is 30.0 Å². The highest BCUT2D eigenvalue weighted by molar-refractivity contribution is 5.98. The lowest BCUT2D eigenvalue weighted by atomic mass is 9.78. The van der Waals surface area contributed by atoms with Crippen molar-refractivity contribution in [2.45, 2.75) is 199 Å². The molecule has 23 heteroatoms. The third kappa shape index (κ3) is 10.8. The van der Waals surface area contributed by atoms with E-state index in [0.29, 0.717) is 18.8 Å². The molecule has 386 valence electrons. The molecule has 5 aliphatic heterocycles. The number of hydrogen-bond acceptors (Lipinski definition) is 17. The number of aliphatic hydroxyl groups excluding tert-OH is 1. The molecule has 9 N–H and O–H groups in total. The highest BCUT2D eigenvalue weighted by atomic mass is 16.7. The molecule has 0 unspecified atom stereocenters. The normalized spacial score (nSPS) is 36.6. The number of nitrogens with zero attached hydrogens (tertiary/aromatic N) is 5. The second-order valence-corrected chi connectivity index (χ2v) is 20.6. The number of carbonyl (C=O) groups is 7. The van der Waals surface area contributed by atoms with Crippen molar-refractivity contribution in [1.82, 2.24) is 41.2 Å². The van der Waals surface area contributed by atoms with E-state index in [0.717, 1.165) is 41.6 Å². The van der Waals surface area contributed by atoms with Crippen LogP contribution in [0, 0.1) is 23.7 Å². The predicted molar refractivity (Wildman–Crippen MR) is 237 cm³/mol. The summed E-state index contributed by atoms with van der Waals surface area (Å²) in [6.45, 7) is 15.0. The fourth-order valence-electron chi connectivity index (χ4n) is 10.1. The number of hydrogen-bond donors (Lipinski definition) is 9. The third-order valence-electron chi connectivity index (χ3n) is 14.7. The number of nitrogens with one attached hydrogen (secondary N) is 3. The zero-order chi connectivity index (χ0) is 51.0. The predicted octanol–water partition coefficient (Wildman–Crippen LogP) is -0.704. The van der Waals surface area contributed by atoms with Crippen LogP contribution in [-0.4, -0.2) is 188 Å². The van der Waals surface area contributed by atoms with Gasteiger partial charge in [0.25, 0.3) is 29.5 Å². The number of ether oxygens (including phenoxy) is 2. The summed E-state index contributed by atoms with van der Waals surface area (Å²) < 4.78 is 12.2. The van der Waals surface area contributed by atoms with E-state index in [1.54, 1.807) is 0 Å². The zero-order valence-electron chi connectivity index (χ0n) is 41.1. The zero-order valence-corrected chi connectivity index (χ0v) is 41.1. The van der Waals surface area contributed by atoms with Crippen LogP contribution in [0.25, 0.3) is 0 Å². The minimum atomic E-state index is -2.76. The molecule has 5 aliphatic rings. The first kappa shape index (κ1) is 54.9. The standard InChI is InChI=1S/C45H76N8O15/c1-11-25(7)20-27-15-16-45(64,68-31(27)12-2)44(10,63)42(61)48-32-34(24(5)6)67-41(60)33(23(3)4)53(66)40(59)35-43(9,62)17-19-49(35)37(56)30-21-28(54)22-47-51(30)36(55)26(8)52(65)38(57)29-14-13-18-46-50(29)39(32)58/h23-35,46-47,54,62-66H,11-22H2,1-10H3,(H,48,61)/t25-,26-,27+,28+,29+,30+,31+,32-,33-,34-,35+,43+,44+,45+/m0/s1/i32+1,39+1. The van der Waals surface area contributed by atoms with E-state index in [1.165, 1.54) is 34.6 Å². The van der Waals surface area contributed by atoms with E-state index in [-0.39, 0.29) is 67.8 Å². The van der Waals surface area contributed by atoms with Crippen LogP contribution in [0.4, 0.5) is 0 Å². The molecule has 0 aromatic carbocycles. The summed E-state index contributed by atoms with van der Waals surface area (Å²) in [4.78, 5) is 103. The molecule has 5 fully saturated rings. The first-order chi connectivity index (χ1) is 31.6. The molecule has 0 bridgehead atoms. The molecule has 23 nitrogen and oxygen atoms in total. The van der Waals surface area contributed by atoms with Crippen molar-refractivity contribution >= 4 is 41.4 Å². The molecule has 0 radical (unpaired) electrons. The van der Waals surface area contributed by atoms with Crippen LogP contribution >= 0.6 is 0 Å². The SMILES string of the molecule is CC[C@H](C)C[C@H]1CC[C@](O)([C@](C)(O)C(=O)N[13C@H]2[C@H](C(C)C)OC(=O)[C@H](C(C)C)N(O)C(=O)[C@H]3N(CC[C@@]3(C)O)C(=O)[C@H]3C[C@@H](O)CNN3C(=O)[C@H](C)N(O)C(=O)[C@H]3CCCNN3[13C]2=O)O[C@@H]1CC. The van der Waals surface area contributed by atoms with Gasteiger partial charge in [-0.3, -0.25) is 49.2 Å². The Morgan fingerprint density at radius 1 is 0.882 bits per heavy atom. The van der Waals surface area contributed by atoms with Gasteiger partial charge in [-0.2, -0.15) is 0 Å². The molecule has 5 saturated heterocycles. The van der Waals surface area contributed by atoms with Crippen molar-refractivity contribution in [3.8, 4) is 0 Å². The maximum absolute atomic E-state index is 15.1. The molecular formula is C45H76N8O15. The fourth-order valence-corrected chi connectivity index (χ4v) is 10.1. The van der Waals surface area contributed by atoms with Crippen molar-refractivity contribution in [3.05, 3.63) is 0 Å². The van der Waals surface area contributed by atoms with Gasteiger partial charge in [-0.15, -0.1) is 0 Å². The Hall–Kier alpha value is -4.07. The summed E-state index contributed by atoms with van der Waals surface area (Å²) in [6, 6.07) is -10.6. The topological polar surface area (TPSA) is 312 Å². The van der Waals surface area contributed by atoms with E-state index >= 15 is 4.79 Å². The number of carbonyl (C=O) groups excluding carboxylic acids is 7. The van der Waals surface area contributed by atoms with Crippen LogP contribution in [0.5, 0.6) is 0 Å². The number of fused-ring (bicyclic) bond motifs is 3. The number of cyclic esters (lactones) is 1. The lowest BCUT2D eigenvalue weighted by Crippen LogP contribution is -2.70. The van der Waals surface area contributed by atoms with Gasteiger partial charge < -0.3 is 40.1 Å². The smallest absolute Gasteiger partial charge is 0.332 e. The number of rotatable bonds is 9. The quantitative estimate of drug-likeness (QED) is 0.0784. The first-order valence-electron chi connectivity index (χ1n) is 24.2. The van der Waals surface area contributed by atoms with Crippen LogP contribution in [0.3, 0.4) is 0 Å². The highest BCUT2D eigenvalue weighted by Gasteiger charge is 2.59. The van der Waals surface area contributed by atoms with Gasteiger partial charge in [-0.25, -0.2) is 25.8 Å². The average Bonchev–Trinajstić information content (AvgIpc) is 3.62. The third-order valence-corrected chi connectivity index (χ3v) is 14.7. The Morgan fingerprint density at radius 3 is 2.13 bits per heavy atom. The van der Waals surface area contributed by atoms with E-state index < -0.39 is 125 Å². The van der Waals surface area contributed by atoms with Crippen LogP contribution in [-0.2, 0) is 43.0 Å². The van der Waals surface area contributed by atoms with Gasteiger partial charge in [0, 0.05) is 32.5 Å². The number of hydrazine groups is 2. The second kappa shape index (κ2) is 21.5. The monoisotopic (exact) mass is 971 g/mol. The van der Waals surface area contributed by atoms with Crippen molar-refractivity contribution in [3.63, 3.8) is 0 Å². The van der Waals surface area contributed by atoms with Crippen molar-refractivity contribution in [1.29, 1.82) is 0 Å². The van der Waals surface area contributed by atoms with Crippen LogP contribution in [0.1, 0.15) is 127 Å². The van der Waals surface area contributed by atoms with Crippen LogP contribution in [0.2, 0.25) is 0 Å². The molecule has 0 aromatic rings. The Kier molecular flexibility index (Phi) is 17.4. The molecule has 5 heterocycles. The minimum Gasteiger partial charge on any atom is -0.458 e. The molecule has 6 amide bonds. The number of aliphatic hydroxyl groups is 4. The van der Waals surface area contributed by atoms with Gasteiger partial charge in [0.2, 0.25) is 11.7 Å². The van der Waals surface area contributed by atoms with Crippen molar-refractivity contribution in [2.24, 2.45) is 23.7 Å². The summed E-state index contributed by atoms with van der Waals surface area (Å²) in [5, 5.41) is 73.8. The van der Waals surface area contributed by atoms with Gasteiger partial charge in [0.05, 0.1) is 17.8 Å². The van der Waals surface area contributed by atoms with Gasteiger partial charge in [-0.05, 0) is 83.0 Å². The summed E-state index contributed by atoms with van der Waals surface area (Å²) >= 11 is 0. The van der Waals surface area contributed by atoms with E-state index in [4.69, 9.17) is 9.47 Å². The Bertz CT molecular complexity index is 1890. The maximum atomic E-state index is 15.1. The second-order valence-electron chi connectivity index (χ2n) is 20.6. The van der Waals surface area contributed by atoms with Crippen LogP contribution < -0.4 is 16.2 Å². The molecule has 5 rings (SSSR count).